The molecule has 3 aromatic rings. The largest absolute Gasteiger partial charge is 0.493 e. The summed E-state index contributed by atoms with van der Waals surface area (Å²) in [6, 6.07) is 19.6. The predicted molar refractivity (Wildman–Crippen MR) is 141 cm³/mol. The van der Waals surface area contributed by atoms with E-state index in [-0.39, 0.29) is 12.2 Å². The van der Waals surface area contributed by atoms with Gasteiger partial charge < -0.3 is 19.5 Å². The molecule has 0 fully saturated rings. The maximum atomic E-state index is 12.7. The summed E-state index contributed by atoms with van der Waals surface area (Å²) in [6.07, 6.45) is 1.46. The minimum atomic E-state index is -0.587. The highest BCUT2D eigenvalue weighted by molar-refractivity contribution is 9.10. The van der Waals surface area contributed by atoms with Gasteiger partial charge in [-0.15, -0.1) is 0 Å². The lowest BCUT2D eigenvalue weighted by Crippen LogP contribution is -2.13. The summed E-state index contributed by atoms with van der Waals surface area (Å²) >= 11 is 3.50. The maximum Gasteiger partial charge on any atom is 0.338 e. The average Bonchev–Trinajstić information content (AvgIpc) is 2.87. The second-order valence-electron chi connectivity index (χ2n) is 7.73. The second kappa shape index (κ2) is 12.6. The van der Waals surface area contributed by atoms with Crippen molar-refractivity contribution in [1.82, 2.24) is 0 Å². The third kappa shape index (κ3) is 6.96. The van der Waals surface area contributed by atoms with Gasteiger partial charge in [-0.05, 0) is 83.4 Å². The van der Waals surface area contributed by atoms with Crippen LogP contribution in [0.1, 0.15) is 34.0 Å². The van der Waals surface area contributed by atoms with Crippen molar-refractivity contribution in [2.24, 2.45) is 0 Å². The van der Waals surface area contributed by atoms with E-state index in [9.17, 15) is 14.9 Å². The molecule has 0 radical (unpaired) electrons. The van der Waals surface area contributed by atoms with Crippen molar-refractivity contribution in [3.8, 4) is 17.6 Å². The summed E-state index contributed by atoms with van der Waals surface area (Å²) in [5.74, 6) is -0.0650. The molecule has 0 spiro atoms. The lowest BCUT2D eigenvalue weighted by atomic mass is 10.1. The molecule has 0 bridgehead atoms. The number of benzene rings is 3. The zero-order chi connectivity index (χ0) is 26.1. The van der Waals surface area contributed by atoms with Crippen LogP contribution in [0.5, 0.6) is 11.5 Å². The number of aryl methyl sites for hydroxylation is 1. The molecule has 3 aromatic carbocycles. The van der Waals surface area contributed by atoms with Gasteiger partial charge >= 0.3 is 5.97 Å². The number of hydrogen-bond donors (Lipinski definition) is 1. The second-order valence-corrected chi connectivity index (χ2v) is 8.58. The van der Waals surface area contributed by atoms with E-state index in [0.717, 1.165) is 5.56 Å². The summed E-state index contributed by atoms with van der Waals surface area (Å²) < 4.78 is 17.0. The molecule has 7 nitrogen and oxygen atoms in total. The van der Waals surface area contributed by atoms with Gasteiger partial charge in [0, 0.05) is 5.69 Å². The van der Waals surface area contributed by atoms with Gasteiger partial charge in [0.25, 0.3) is 5.91 Å². The molecule has 0 atom stereocenters. The van der Waals surface area contributed by atoms with E-state index < -0.39 is 11.9 Å². The fraction of sp³-hybridized carbons (Fsp3) is 0.179. The highest BCUT2D eigenvalue weighted by atomic mass is 79.9. The van der Waals surface area contributed by atoms with Crippen LogP contribution in [-0.4, -0.2) is 25.6 Å². The molecule has 3 rings (SSSR count). The molecule has 0 heterocycles. The number of carbonyl (C=O) groups excluding carboxylic acids is 2. The molecule has 1 N–H and O–H groups in total. The number of carbonyl (C=O) groups is 2. The first-order valence-corrected chi connectivity index (χ1v) is 11.9. The van der Waals surface area contributed by atoms with E-state index >= 15 is 0 Å². The number of nitriles is 1. The molecular weight excluding hydrogens is 524 g/mol. The van der Waals surface area contributed by atoms with Crippen LogP contribution in [0.2, 0.25) is 0 Å². The summed E-state index contributed by atoms with van der Waals surface area (Å²) in [6.45, 7) is 4.37. The van der Waals surface area contributed by atoms with Crippen LogP contribution in [0.15, 0.2) is 70.7 Å². The van der Waals surface area contributed by atoms with Gasteiger partial charge in [0.15, 0.2) is 11.5 Å². The lowest BCUT2D eigenvalue weighted by Gasteiger charge is -2.14. The van der Waals surface area contributed by atoms with Crippen LogP contribution >= 0.6 is 15.9 Å². The SMILES string of the molecule is CCOC(=O)c1ccc(NC(=O)/C(C#N)=C/c2cc(Br)c(OCc3ccc(C)cc3)c(OC)c2)cc1. The quantitative estimate of drug-likeness (QED) is 0.198. The Morgan fingerprint density at radius 3 is 2.39 bits per heavy atom. The van der Waals surface area contributed by atoms with E-state index in [1.165, 1.54) is 18.7 Å². The molecule has 0 aliphatic carbocycles. The predicted octanol–water partition coefficient (Wildman–Crippen LogP) is 6.07. The Morgan fingerprint density at radius 2 is 1.78 bits per heavy atom. The summed E-state index contributed by atoms with van der Waals surface area (Å²) in [4.78, 5) is 24.5. The van der Waals surface area contributed by atoms with E-state index in [4.69, 9.17) is 14.2 Å². The lowest BCUT2D eigenvalue weighted by molar-refractivity contribution is -0.112. The first-order valence-electron chi connectivity index (χ1n) is 11.1. The van der Waals surface area contributed by atoms with Gasteiger partial charge in [0.2, 0.25) is 0 Å². The number of anilines is 1. The first kappa shape index (κ1) is 26.5. The van der Waals surface area contributed by atoms with E-state index in [2.05, 4.69) is 21.2 Å². The number of esters is 1. The highest BCUT2D eigenvalue weighted by Crippen LogP contribution is 2.37. The number of amides is 1. The van der Waals surface area contributed by atoms with Gasteiger partial charge in [-0.2, -0.15) is 5.26 Å². The van der Waals surface area contributed by atoms with Crippen LogP contribution in [0.4, 0.5) is 5.69 Å². The van der Waals surface area contributed by atoms with Crippen molar-refractivity contribution in [1.29, 1.82) is 5.26 Å². The van der Waals surface area contributed by atoms with Crippen LogP contribution in [0.3, 0.4) is 0 Å². The Kier molecular flexibility index (Phi) is 9.25. The Bertz CT molecular complexity index is 1310. The molecule has 1 amide bonds. The van der Waals surface area contributed by atoms with E-state index in [0.29, 0.717) is 39.4 Å². The first-order chi connectivity index (χ1) is 17.3. The zero-order valence-electron chi connectivity index (χ0n) is 20.1. The maximum absolute atomic E-state index is 12.7. The number of methoxy groups -OCH3 is 1. The molecule has 0 saturated heterocycles. The standard InChI is InChI=1S/C28H25BrN2O5/c1-4-35-28(33)21-9-11-23(12-10-21)31-27(32)22(16-30)13-20-14-24(29)26(25(15-20)34-3)36-17-19-7-5-18(2)6-8-19/h5-15H,4,17H2,1-3H3,(H,31,32)/b22-13+. The van der Waals surface area contributed by atoms with Gasteiger partial charge in [0.05, 0.1) is 23.8 Å². The van der Waals surface area contributed by atoms with Crippen molar-refractivity contribution in [3.05, 3.63) is 93.0 Å². The monoisotopic (exact) mass is 548 g/mol. The molecule has 36 heavy (non-hydrogen) atoms. The number of halogens is 1. The number of rotatable bonds is 9. The normalized spacial score (nSPS) is 10.8. The number of nitrogens with zero attached hydrogens (tertiary/aromatic N) is 1. The molecule has 184 valence electrons. The minimum absolute atomic E-state index is 0.105. The molecule has 0 aliphatic rings. The van der Waals surface area contributed by atoms with Crippen molar-refractivity contribution < 1.29 is 23.8 Å². The Hall–Kier alpha value is -4.09. The number of ether oxygens (including phenoxy) is 3. The molecule has 0 unspecified atom stereocenters. The van der Waals surface area contributed by atoms with E-state index in [1.807, 2.05) is 37.3 Å². The summed E-state index contributed by atoms with van der Waals surface area (Å²) in [5, 5.41) is 12.2. The van der Waals surface area contributed by atoms with Crippen LogP contribution < -0.4 is 14.8 Å². The Morgan fingerprint density at radius 1 is 1.08 bits per heavy atom. The summed E-state index contributed by atoms with van der Waals surface area (Å²) in [7, 11) is 1.52. The number of hydrogen-bond acceptors (Lipinski definition) is 6. The smallest absolute Gasteiger partial charge is 0.338 e. The zero-order valence-corrected chi connectivity index (χ0v) is 21.7. The highest BCUT2D eigenvalue weighted by Gasteiger charge is 2.15. The number of nitrogens with one attached hydrogen (secondary N) is 1. The third-order valence-electron chi connectivity index (χ3n) is 5.09. The molecule has 0 saturated carbocycles. The van der Waals surface area contributed by atoms with Gasteiger partial charge in [0.1, 0.15) is 18.2 Å². The van der Waals surface area contributed by atoms with Crippen molar-refractivity contribution in [2.45, 2.75) is 20.5 Å². The third-order valence-corrected chi connectivity index (χ3v) is 5.67. The topological polar surface area (TPSA) is 97.7 Å². The fourth-order valence-corrected chi connectivity index (χ4v) is 3.79. The van der Waals surface area contributed by atoms with Gasteiger partial charge in [-0.1, -0.05) is 29.8 Å². The van der Waals surface area contributed by atoms with Crippen LogP contribution in [0.25, 0.3) is 6.08 Å². The van der Waals surface area contributed by atoms with Gasteiger partial charge in [-0.25, -0.2) is 4.79 Å². The van der Waals surface area contributed by atoms with E-state index in [1.54, 1.807) is 43.3 Å². The van der Waals surface area contributed by atoms with Crippen LogP contribution in [0, 0.1) is 18.3 Å². The van der Waals surface area contributed by atoms with Crippen molar-refractivity contribution in [2.75, 3.05) is 19.0 Å². The summed E-state index contributed by atoms with van der Waals surface area (Å²) in [5.41, 5.74) is 3.45. The Labute approximate surface area is 218 Å². The van der Waals surface area contributed by atoms with Gasteiger partial charge in [-0.3, -0.25) is 4.79 Å². The average molecular weight is 549 g/mol. The molecule has 0 aliphatic heterocycles. The van der Waals surface area contributed by atoms with Crippen LogP contribution in [-0.2, 0) is 16.1 Å². The molecular formula is C28H25BrN2O5. The van der Waals surface area contributed by atoms with Crippen molar-refractivity contribution >= 4 is 39.6 Å². The molecule has 8 heteroatoms. The van der Waals surface area contributed by atoms with Crippen molar-refractivity contribution in [3.63, 3.8) is 0 Å². The Balaban J connectivity index is 1.75. The fourth-order valence-electron chi connectivity index (χ4n) is 3.22. The minimum Gasteiger partial charge on any atom is -0.493 e. The molecule has 0 aromatic heterocycles.